The molecule has 0 aromatic rings. The Hall–Kier alpha value is -0.0900. The van der Waals surface area contributed by atoms with Gasteiger partial charge in [0.2, 0.25) is 0 Å². The van der Waals surface area contributed by atoms with E-state index in [9.17, 15) is 8.42 Å². The van der Waals surface area contributed by atoms with E-state index in [1.165, 1.54) is 0 Å². The van der Waals surface area contributed by atoms with Crippen molar-refractivity contribution in [1.29, 1.82) is 0 Å². The van der Waals surface area contributed by atoms with Gasteiger partial charge >= 0.3 is 0 Å². The second-order valence-corrected chi connectivity index (χ2v) is 6.74. The molecule has 1 fully saturated rings. The van der Waals surface area contributed by atoms with E-state index < -0.39 is 9.84 Å². The van der Waals surface area contributed by atoms with Gasteiger partial charge in [0, 0.05) is 6.04 Å². The summed E-state index contributed by atoms with van der Waals surface area (Å²) in [5.74, 6) is 1.34. The molecule has 0 amide bonds. The Kier molecular flexibility index (Phi) is 3.95. The molecule has 3 unspecified atom stereocenters. The Balaban J connectivity index is 2.72. The van der Waals surface area contributed by atoms with Gasteiger partial charge in [0.15, 0.2) is 9.84 Å². The van der Waals surface area contributed by atoms with Crippen LogP contribution in [0.1, 0.15) is 27.2 Å². The third kappa shape index (κ3) is 3.24. The van der Waals surface area contributed by atoms with E-state index in [2.05, 4.69) is 19.2 Å². The standard InChI is InChI=1S/C10H21NO2S/c1-4-9(3)10-7-14(12,13)6-8(2)5-11-10/h8-11H,4-7H2,1-3H3. The average molecular weight is 219 g/mol. The molecule has 3 atom stereocenters. The normalized spacial score (nSPS) is 34.8. The van der Waals surface area contributed by atoms with E-state index in [4.69, 9.17) is 0 Å². The van der Waals surface area contributed by atoms with Crippen molar-refractivity contribution in [2.24, 2.45) is 11.8 Å². The molecule has 1 aliphatic heterocycles. The van der Waals surface area contributed by atoms with Gasteiger partial charge in [-0.2, -0.15) is 0 Å². The predicted molar refractivity (Wildman–Crippen MR) is 59.1 cm³/mol. The third-order valence-corrected chi connectivity index (χ3v) is 4.98. The fourth-order valence-electron chi connectivity index (χ4n) is 1.90. The van der Waals surface area contributed by atoms with Crippen LogP contribution in [0, 0.1) is 11.8 Å². The predicted octanol–water partition coefficient (Wildman–Crippen LogP) is 1.06. The van der Waals surface area contributed by atoms with E-state index in [1.54, 1.807) is 0 Å². The molecule has 0 aromatic heterocycles. The van der Waals surface area contributed by atoms with E-state index in [0.717, 1.165) is 13.0 Å². The zero-order valence-electron chi connectivity index (χ0n) is 9.29. The highest BCUT2D eigenvalue weighted by Crippen LogP contribution is 2.15. The number of rotatable bonds is 2. The zero-order chi connectivity index (χ0) is 10.8. The van der Waals surface area contributed by atoms with Crippen LogP contribution in [0.3, 0.4) is 0 Å². The molecule has 84 valence electrons. The molecule has 0 spiro atoms. The molecule has 1 saturated heterocycles. The van der Waals surface area contributed by atoms with Crippen LogP contribution in [-0.4, -0.2) is 32.5 Å². The van der Waals surface area contributed by atoms with Gasteiger partial charge in [-0.15, -0.1) is 0 Å². The number of sulfone groups is 1. The summed E-state index contributed by atoms with van der Waals surface area (Å²) >= 11 is 0. The van der Waals surface area contributed by atoms with Crippen LogP contribution in [0.25, 0.3) is 0 Å². The monoisotopic (exact) mass is 219 g/mol. The largest absolute Gasteiger partial charge is 0.312 e. The van der Waals surface area contributed by atoms with Crippen LogP contribution in [0.5, 0.6) is 0 Å². The summed E-state index contributed by atoms with van der Waals surface area (Å²) in [6, 6.07) is 0.148. The summed E-state index contributed by atoms with van der Waals surface area (Å²) in [7, 11) is -2.84. The number of nitrogens with one attached hydrogen (secondary N) is 1. The first kappa shape index (κ1) is 12.0. The smallest absolute Gasteiger partial charge is 0.152 e. The highest BCUT2D eigenvalue weighted by molar-refractivity contribution is 7.91. The minimum absolute atomic E-state index is 0.148. The van der Waals surface area contributed by atoms with Crippen LogP contribution in [-0.2, 0) is 9.84 Å². The molecule has 1 N–H and O–H groups in total. The fraction of sp³-hybridized carbons (Fsp3) is 1.00. The van der Waals surface area contributed by atoms with Crippen LogP contribution >= 0.6 is 0 Å². The molecule has 0 radical (unpaired) electrons. The summed E-state index contributed by atoms with van der Waals surface area (Å²) in [5, 5.41) is 3.36. The summed E-state index contributed by atoms with van der Waals surface area (Å²) in [4.78, 5) is 0. The van der Waals surface area contributed by atoms with Gasteiger partial charge in [-0.3, -0.25) is 0 Å². The van der Waals surface area contributed by atoms with Gasteiger partial charge in [0.25, 0.3) is 0 Å². The summed E-state index contributed by atoms with van der Waals surface area (Å²) in [6.07, 6.45) is 1.03. The molecule has 1 rings (SSSR count). The number of hydrogen-bond acceptors (Lipinski definition) is 3. The minimum atomic E-state index is -2.84. The van der Waals surface area contributed by atoms with Crippen LogP contribution < -0.4 is 5.32 Å². The van der Waals surface area contributed by atoms with Crippen molar-refractivity contribution in [3.63, 3.8) is 0 Å². The molecule has 0 aliphatic carbocycles. The first-order chi connectivity index (χ1) is 6.44. The Morgan fingerprint density at radius 3 is 2.64 bits per heavy atom. The van der Waals surface area contributed by atoms with Gasteiger partial charge in [0.05, 0.1) is 11.5 Å². The second-order valence-electron chi connectivity index (χ2n) is 4.58. The molecule has 0 saturated carbocycles. The van der Waals surface area contributed by atoms with E-state index in [0.29, 0.717) is 17.4 Å². The van der Waals surface area contributed by atoms with Gasteiger partial charge in [-0.25, -0.2) is 8.42 Å². The highest BCUT2D eigenvalue weighted by atomic mass is 32.2. The minimum Gasteiger partial charge on any atom is -0.312 e. The molecule has 1 heterocycles. The third-order valence-electron chi connectivity index (χ3n) is 3.03. The van der Waals surface area contributed by atoms with Crippen LogP contribution in [0.15, 0.2) is 0 Å². The summed E-state index contributed by atoms with van der Waals surface area (Å²) < 4.78 is 23.3. The molecule has 14 heavy (non-hydrogen) atoms. The lowest BCUT2D eigenvalue weighted by Crippen LogP contribution is -2.39. The maximum Gasteiger partial charge on any atom is 0.152 e. The summed E-state index contributed by atoms with van der Waals surface area (Å²) in [5.41, 5.74) is 0. The van der Waals surface area contributed by atoms with Crippen LogP contribution in [0.4, 0.5) is 0 Å². The van der Waals surface area contributed by atoms with E-state index in [1.807, 2.05) is 6.92 Å². The lowest BCUT2D eigenvalue weighted by molar-refractivity contribution is 0.383. The quantitative estimate of drug-likeness (QED) is 0.755. The van der Waals surface area contributed by atoms with Gasteiger partial charge in [0.1, 0.15) is 0 Å². The van der Waals surface area contributed by atoms with Gasteiger partial charge in [-0.1, -0.05) is 27.2 Å². The molecular formula is C10H21NO2S. The molecule has 3 nitrogen and oxygen atoms in total. The Labute approximate surface area is 87.2 Å². The molecule has 0 aromatic carbocycles. The maximum atomic E-state index is 11.7. The van der Waals surface area contributed by atoms with Gasteiger partial charge < -0.3 is 5.32 Å². The Morgan fingerprint density at radius 1 is 1.43 bits per heavy atom. The molecule has 4 heteroatoms. The zero-order valence-corrected chi connectivity index (χ0v) is 10.1. The fourth-order valence-corrected chi connectivity index (χ4v) is 4.01. The SMILES string of the molecule is CCC(C)C1CS(=O)(=O)CC(C)CN1. The lowest BCUT2D eigenvalue weighted by atomic mass is 10.0. The van der Waals surface area contributed by atoms with Crippen molar-refractivity contribution < 1.29 is 8.42 Å². The highest BCUT2D eigenvalue weighted by Gasteiger charge is 2.28. The van der Waals surface area contributed by atoms with Crippen molar-refractivity contribution >= 4 is 9.84 Å². The first-order valence-electron chi connectivity index (χ1n) is 5.38. The Bertz CT molecular complexity index is 274. The lowest BCUT2D eigenvalue weighted by Gasteiger charge is -2.21. The van der Waals surface area contributed by atoms with Crippen molar-refractivity contribution in [1.82, 2.24) is 5.32 Å². The molecule has 1 aliphatic rings. The number of hydrogen-bond donors (Lipinski definition) is 1. The molecular weight excluding hydrogens is 198 g/mol. The van der Waals surface area contributed by atoms with Crippen molar-refractivity contribution in [3.8, 4) is 0 Å². The van der Waals surface area contributed by atoms with Gasteiger partial charge in [-0.05, 0) is 18.4 Å². The maximum absolute atomic E-state index is 11.7. The molecule has 0 bridgehead atoms. The van der Waals surface area contributed by atoms with Crippen LogP contribution in [0.2, 0.25) is 0 Å². The topological polar surface area (TPSA) is 46.2 Å². The van der Waals surface area contributed by atoms with Crippen molar-refractivity contribution in [2.75, 3.05) is 18.1 Å². The van der Waals surface area contributed by atoms with Crippen molar-refractivity contribution in [2.45, 2.75) is 33.2 Å². The first-order valence-corrected chi connectivity index (χ1v) is 7.20. The van der Waals surface area contributed by atoms with Crippen molar-refractivity contribution in [3.05, 3.63) is 0 Å². The Morgan fingerprint density at radius 2 is 2.07 bits per heavy atom. The average Bonchev–Trinajstić information content (AvgIpc) is 2.22. The van der Waals surface area contributed by atoms with E-state index in [-0.39, 0.29) is 12.0 Å². The van der Waals surface area contributed by atoms with E-state index >= 15 is 0 Å². The second kappa shape index (κ2) is 4.62. The summed E-state index contributed by atoms with van der Waals surface area (Å²) in [6.45, 7) is 7.04.